The molecule has 0 saturated heterocycles. The van der Waals surface area contributed by atoms with Crippen molar-refractivity contribution in [2.75, 3.05) is 0 Å². The summed E-state index contributed by atoms with van der Waals surface area (Å²) >= 11 is 0. The molecule has 0 N–H and O–H groups in total. The van der Waals surface area contributed by atoms with Crippen molar-refractivity contribution in [2.24, 2.45) is 5.92 Å². The molecular weight excluding hydrogens is 188 g/mol. The molecule has 0 radical (unpaired) electrons. The van der Waals surface area contributed by atoms with Crippen molar-refractivity contribution in [3.8, 4) is 12.1 Å². The van der Waals surface area contributed by atoms with E-state index in [1.54, 1.807) is 24.3 Å². The second-order valence-corrected chi connectivity index (χ2v) is 3.31. The van der Waals surface area contributed by atoms with E-state index in [0.29, 0.717) is 12.0 Å². The molecule has 0 heterocycles. The van der Waals surface area contributed by atoms with Gasteiger partial charge in [0.15, 0.2) is 0 Å². The molecule has 15 heavy (non-hydrogen) atoms. The number of carbonyl (C=O) groups excluding carboxylic acids is 1. The molecule has 1 atom stereocenters. The maximum Gasteiger partial charge on any atom is 0.147 e. The van der Waals surface area contributed by atoms with E-state index in [1.807, 2.05) is 12.1 Å². The summed E-state index contributed by atoms with van der Waals surface area (Å²) in [7, 11) is 0. The topological polar surface area (TPSA) is 64.7 Å². The molecule has 0 amide bonds. The van der Waals surface area contributed by atoms with Gasteiger partial charge in [-0.15, -0.1) is 0 Å². The molecular formula is C12H10N2O. The largest absolute Gasteiger partial charge is 0.299 e. The van der Waals surface area contributed by atoms with Crippen LogP contribution < -0.4 is 0 Å². The van der Waals surface area contributed by atoms with Gasteiger partial charge in [0.25, 0.3) is 0 Å². The predicted octanol–water partition coefficient (Wildman–Crippen LogP) is 1.83. The molecule has 1 rings (SSSR count). The number of Topliss-reactive ketones (excluding diaryl/α,β-unsaturated/α-hetero) is 1. The van der Waals surface area contributed by atoms with E-state index in [0.717, 1.165) is 5.56 Å². The summed E-state index contributed by atoms with van der Waals surface area (Å²) in [5.74, 6) is -0.709. The summed E-state index contributed by atoms with van der Waals surface area (Å²) in [6, 6.07) is 10.9. The van der Waals surface area contributed by atoms with E-state index in [9.17, 15) is 4.79 Å². The number of carbonyl (C=O) groups is 1. The highest BCUT2D eigenvalue weighted by atomic mass is 16.1. The number of hydrogen-bond donors (Lipinski definition) is 0. The van der Waals surface area contributed by atoms with Crippen LogP contribution in [0.15, 0.2) is 24.3 Å². The van der Waals surface area contributed by atoms with Gasteiger partial charge >= 0.3 is 0 Å². The Morgan fingerprint density at radius 1 is 1.33 bits per heavy atom. The third-order valence-corrected chi connectivity index (χ3v) is 2.17. The average Bonchev–Trinajstić information content (AvgIpc) is 2.26. The van der Waals surface area contributed by atoms with Crippen molar-refractivity contribution >= 4 is 5.78 Å². The SMILES string of the molecule is CC(=O)C(C#N)Cc1ccc(C#N)cc1. The van der Waals surface area contributed by atoms with Gasteiger partial charge in [-0.3, -0.25) is 4.79 Å². The molecule has 0 spiro atoms. The summed E-state index contributed by atoms with van der Waals surface area (Å²) in [6.07, 6.45) is 0.414. The summed E-state index contributed by atoms with van der Waals surface area (Å²) < 4.78 is 0. The molecule has 0 aromatic heterocycles. The highest BCUT2D eigenvalue weighted by molar-refractivity contribution is 5.81. The van der Waals surface area contributed by atoms with Gasteiger partial charge < -0.3 is 0 Å². The monoisotopic (exact) mass is 198 g/mol. The quantitative estimate of drug-likeness (QED) is 0.744. The molecule has 1 aromatic carbocycles. The fraction of sp³-hybridized carbons (Fsp3) is 0.250. The normalized spacial score (nSPS) is 11.1. The third-order valence-electron chi connectivity index (χ3n) is 2.17. The van der Waals surface area contributed by atoms with Crippen molar-refractivity contribution in [3.63, 3.8) is 0 Å². The lowest BCUT2D eigenvalue weighted by atomic mass is 9.97. The second-order valence-electron chi connectivity index (χ2n) is 3.31. The molecule has 0 fully saturated rings. The van der Waals surface area contributed by atoms with Gasteiger partial charge in [-0.2, -0.15) is 10.5 Å². The van der Waals surface area contributed by atoms with Gasteiger partial charge in [0.1, 0.15) is 11.7 Å². The van der Waals surface area contributed by atoms with Gasteiger partial charge in [-0.25, -0.2) is 0 Å². The Morgan fingerprint density at radius 2 is 1.93 bits per heavy atom. The minimum atomic E-state index is -0.585. The first-order valence-electron chi connectivity index (χ1n) is 4.56. The van der Waals surface area contributed by atoms with Crippen molar-refractivity contribution in [1.29, 1.82) is 10.5 Å². The Balaban J connectivity index is 2.78. The van der Waals surface area contributed by atoms with E-state index in [1.165, 1.54) is 6.92 Å². The zero-order chi connectivity index (χ0) is 11.3. The third kappa shape index (κ3) is 2.93. The van der Waals surface area contributed by atoms with Gasteiger partial charge in [-0.05, 0) is 31.0 Å². The first-order valence-corrected chi connectivity index (χ1v) is 4.56. The van der Waals surface area contributed by atoms with Crippen LogP contribution in [0, 0.1) is 28.6 Å². The smallest absolute Gasteiger partial charge is 0.147 e. The minimum absolute atomic E-state index is 0.123. The van der Waals surface area contributed by atoms with Crippen LogP contribution in [0.1, 0.15) is 18.1 Å². The molecule has 0 bridgehead atoms. The zero-order valence-electron chi connectivity index (χ0n) is 8.40. The molecule has 1 aromatic rings. The lowest BCUT2D eigenvalue weighted by molar-refractivity contribution is -0.119. The van der Waals surface area contributed by atoms with Gasteiger partial charge in [0, 0.05) is 0 Å². The highest BCUT2D eigenvalue weighted by Crippen LogP contribution is 2.10. The summed E-state index contributed by atoms with van der Waals surface area (Å²) in [5, 5.41) is 17.3. The molecule has 0 aliphatic carbocycles. The maximum absolute atomic E-state index is 11.0. The lowest BCUT2D eigenvalue weighted by Gasteiger charge is -2.04. The van der Waals surface area contributed by atoms with Crippen molar-refractivity contribution < 1.29 is 4.79 Å². The Bertz CT molecular complexity index is 434. The first kappa shape index (κ1) is 10.9. The number of hydrogen-bond acceptors (Lipinski definition) is 3. The lowest BCUT2D eigenvalue weighted by Crippen LogP contribution is -2.11. The van der Waals surface area contributed by atoms with Crippen LogP contribution in [-0.4, -0.2) is 5.78 Å². The number of ketones is 1. The Morgan fingerprint density at radius 3 is 2.33 bits per heavy atom. The van der Waals surface area contributed by atoms with E-state index < -0.39 is 5.92 Å². The Labute approximate surface area is 88.6 Å². The van der Waals surface area contributed by atoms with Crippen molar-refractivity contribution in [3.05, 3.63) is 35.4 Å². The van der Waals surface area contributed by atoms with Gasteiger partial charge in [0.05, 0.1) is 17.7 Å². The Kier molecular flexibility index (Phi) is 3.60. The van der Waals surface area contributed by atoms with Crippen LogP contribution in [-0.2, 0) is 11.2 Å². The fourth-order valence-electron chi connectivity index (χ4n) is 1.23. The molecule has 3 heteroatoms. The fourth-order valence-corrected chi connectivity index (χ4v) is 1.23. The van der Waals surface area contributed by atoms with E-state index in [2.05, 4.69) is 0 Å². The molecule has 1 unspecified atom stereocenters. The van der Waals surface area contributed by atoms with Crippen LogP contribution in [0.4, 0.5) is 0 Å². The maximum atomic E-state index is 11.0. The summed E-state index contributed by atoms with van der Waals surface area (Å²) in [5.41, 5.74) is 1.48. The number of rotatable bonds is 3. The Hall–Kier alpha value is -2.13. The van der Waals surface area contributed by atoms with Crippen LogP contribution in [0.2, 0.25) is 0 Å². The molecule has 3 nitrogen and oxygen atoms in total. The van der Waals surface area contributed by atoms with Crippen molar-refractivity contribution in [2.45, 2.75) is 13.3 Å². The van der Waals surface area contributed by atoms with Crippen LogP contribution in [0.3, 0.4) is 0 Å². The number of nitrogens with zero attached hydrogens (tertiary/aromatic N) is 2. The number of nitriles is 2. The van der Waals surface area contributed by atoms with Crippen LogP contribution in [0.5, 0.6) is 0 Å². The minimum Gasteiger partial charge on any atom is -0.299 e. The summed E-state index contributed by atoms with van der Waals surface area (Å²) in [6.45, 7) is 1.41. The molecule has 0 aliphatic heterocycles. The second kappa shape index (κ2) is 4.93. The van der Waals surface area contributed by atoms with Gasteiger partial charge in [-0.1, -0.05) is 12.1 Å². The van der Waals surface area contributed by atoms with E-state index in [4.69, 9.17) is 10.5 Å². The zero-order valence-corrected chi connectivity index (χ0v) is 8.40. The van der Waals surface area contributed by atoms with Gasteiger partial charge in [0.2, 0.25) is 0 Å². The standard InChI is InChI=1S/C12H10N2O/c1-9(15)12(8-14)6-10-2-4-11(7-13)5-3-10/h2-5,12H,6H2,1H3. The first-order chi connectivity index (χ1) is 7.17. The summed E-state index contributed by atoms with van der Waals surface area (Å²) in [4.78, 5) is 11.0. The highest BCUT2D eigenvalue weighted by Gasteiger charge is 2.13. The predicted molar refractivity (Wildman–Crippen MR) is 54.6 cm³/mol. The van der Waals surface area contributed by atoms with Crippen LogP contribution in [0.25, 0.3) is 0 Å². The van der Waals surface area contributed by atoms with Crippen LogP contribution >= 0.6 is 0 Å². The molecule has 74 valence electrons. The van der Waals surface area contributed by atoms with E-state index >= 15 is 0 Å². The molecule has 0 aliphatic rings. The number of benzene rings is 1. The van der Waals surface area contributed by atoms with Crippen molar-refractivity contribution in [1.82, 2.24) is 0 Å². The average molecular weight is 198 g/mol. The molecule has 0 saturated carbocycles. The van der Waals surface area contributed by atoms with E-state index in [-0.39, 0.29) is 5.78 Å².